The lowest BCUT2D eigenvalue weighted by Gasteiger charge is -2.36. The van der Waals surface area contributed by atoms with Gasteiger partial charge in [0.2, 0.25) is 5.91 Å². The SMILES string of the molecule is CC[C@H](C)[C@H](C)C(=O)CCC(=O)N[C@@H](CSC(c1ccccc1)(c1ccccc1)c1ccccc1)C(=O)OC. The Balaban J connectivity index is 1.88. The van der Waals surface area contributed by atoms with Crippen molar-refractivity contribution in [2.45, 2.75) is 50.8 Å². The minimum absolute atomic E-state index is 0.0406. The van der Waals surface area contributed by atoms with Crippen LogP contribution in [0.1, 0.15) is 56.7 Å². The number of ketones is 1. The Hall–Kier alpha value is -3.38. The summed E-state index contributed by atoms with van der Waals surface area (Å²) in [6.45, 7) is 6.02. The fraction of sp³-hybridized carbons (Fsp3) is 0.364. The van der Waals surface area contributed by atoms with Gasteiger partial charge in [-0.2, -0.15) is 0 Å². The number of carbonyl (C=O) groups is 3. The van der Waals surface area contributed by atoms with Gasteiger partial charge in [-0.3, -0.25) is 9.59 Å². The lowest BCUT2D eigenvalue weighted by Crippen LogP contribution is -2.44. The van der Waals surface area contributed by atoms with E-state index in [1.165, 1.54) is 7.11 Å². The third kappa shape index (κ3) is 7.60. The Labute approximate surface area is 236 Å². The molecule has 0 saturated heterocycles. The van der Waals surface area contributed by atoms with Crippen LogP contribution in [0.2, 0.25) is 0 Å². The van der Waals surface area contributed by atoms with E-state index in [2.05, 4.69) is 48.6 Å². The summed E-state index contributed by atoms with van der Waals surface area (Å²) in [7, 11) is 1.32. The predicted molar refractivity (Wildman–Crippen MR) is 158 cm³/mol. The van der Waals surface area contributed by atoms with E-state index in [9.17, 15) is 14.4 Å². The maximum absolute atomic E-state index is 12.9. The van der Waals surface area contributed by atoms with E-state index in [0.29, 0.717) is 0 Å². The molecule has 206 valence electrons. The fourth-order valence-corrected chi connectivity index (χ4v) is 6.23. The molecule has 1 N–H and O–H groups in total. The van der Waals surface area contributed by atoms with Crippen molar-refractivity contribution in [1.29, 1.82) is 0 Å². The number of esters is 1. The molecule has 0 aliphatic rings. The summed E-state index contributed by atoms with van der Waals surface area (Å²) >= 11 is 1.58. The van der Waals surface area contributed by atoms with Gasteiger partial charge in [0.25, 0.3) is 0 Å². The number of nitrogens with one attached hydrogen (secondary N) is 1. The van der Waals surface area contributed by atoms with Crippen LogP contribution in [0, 0.1) is 11.8 Å². The van der Waals surface area contributed by atoms with Gasteiger partial charge < -0.3 is 10.1 Å². The van der Waals surface area contributed by atoms with E-state index in [1.807, 2.05) is 68.4 Å². The molecule has 5 nitrogen and oxygen atoms in total. The summed E-state index contributed by atoms with van der Waals surface area (Å²) in [4.78, 5) is 38.3. The molecule has 0 fully saturated rings. The molecule has 3 rings (SSSR count). The number of hydrogen-bond acceptors (Lipinski definition) is 5. The zero-order valence-electron chi connectivity index (χ0n) is 23.3. The van der Waals surface area contributed by atoms with Crippen LogP contribution in [0.15, 0.2) is 91.0 Å². The second-order valence-corrected chi connectivity index (χ2v) is 11.1. The van der Waals surface area contributed by atoms with E-state index in [-0.39, 0.29) is 42.1 Å². The minimum Gasteiger partial charge on any atom is -0.467 e. The molecule has 0 unspecified atom stereocenters. The maximum Gasteiger partial charge on any atom is 0.329 e. The van der Waals surface area contributed by atoms with Gasteiger partial charge in [-0.1, -0.05) is 118 Å². The molecule has 0 radical (unpaired) electrons. The van der Waals surface area contributed by atoms with Crippen LogP contribution < -0.4 is 5.32 Å². The smallest absolute Gasteiger partial charge is 0.329 e. The average molecular weight is 546 g/mol. The van der Waals surface area contributed by atoms with Crippen LogP contribution >= 0.6 is 11.8 Å². The van der Waals surface area contributed by atoms with Crippen LogP contribution in [-0.4, -0.2) is 36.6 Å². The first-order valence-corrected chi connectivity index (χ1v) is 14.5. The van der Waals surface area contributed by atoms with Crippen molar-refractivity contribution >= 4 is 29.4 Å². The highest BCUT2D eigenvalue weighted by molar-refractivity contribution is 8.00. The number of Topliss-reactive ketones (excluding diaryl/α,β-unsaturated/α-hetero) is 1. The van der Waals surface area contributed by atoms with Crippen molar-refractivity contribution in [2.24, 2.45) is 11.8 Å². The summed E-state index contributed by atoms with van der Waals surface area (Å²) in [5.74, 6) is -0.341. The van der Waals surface area contributed by atoms with Gasteiger partial charge >= 0.3 is 5.97 Å². The van der Waals surface area contributed by atoms with E-state index in [1.54, 1.807) is 11.8 Å². The van der Waals surface area contributed by atoms with E-state index >= 15 is 0 Å². The van der Waals surface area contributed by atoms with E-state index in [4.69, 9.17) is 4.74 Å². The van der Waals surface area contributed by atoms with Gasteiger partial charge in [0, 0.05) is 24.5 Å². The molecule has 0 aliphatic heterocycles. The molecule has 3 aromatic rings. The molecular weight excluding hydrogens is 506 g/mol. The summed E-state index contributed by atoms with van der Waals surface area (Å²) in [5.41, 5.74) is 3.19. The van der Waals surface area contributed by atoms with Crippen LogP contribution in [0.5, 0.6) is 0 Å². The lowest BCUT2D eigenvalue weighted by atomic mass is 9.84. The number of carbonyl (C=O) groups excluding carboxylic acids is 3. The Bertz CT molecular complexity index is 1100. The number of rotatable bonds is 14. The van der Waals surface area contributed by atoms with Gasteiger partial charge in [0.05, 0.1) is 11.9 Å². The molecule has 1 amide bonds. The Kier molecular flexibility index (Phi) is 11.4. The second kappa shape index (κ2) is 14.7. The average Bonchev–Trinajstić information content (AvgIpc) is 2.99. The van der Waals surface area contributed by atoms with Crippen molar-refractivity contribution in [1.82, 2.24) is 5.32 Å². The molecule has 3 atom stereocenters. The molecule has 0 heterocycles. The first kappa shape index (κ1) is 30.2. The maximum atomic E-state index is 12.9. The third-order valence-electron chi connectivity index (χ3n) is 7.43. The molecule has 0 spiro atoms. The minimum atomic E-state index is -0.870. The zero-order valence-corrected chi connectivity index (χ0v) is 24.1. The normalized spacial score (nSPS) is 13.6. The van der Waals surface area contributed by atoms with Crippen molar-refractivity contribution in [2.75, 3.05) is 12.9 Å². The molecule has 6 heteroatoms. The van der Waals surface area contributed by atoms with Crippen molar-refractivity contribution in [3.8, 4) is 0 Å². The predicted octanol–water partition coefficient (Wildman–Crippen LogP) is 6.40. The monoisotopic (exact) mass is 545 g/mol. The zero-order chi connectivity index (χ0) is 28.3. The highest BCUT2D eigenvalue weighted by atomic mass is 32.2. The topological polar surface area (TPSA) is 72.5 Å². The van der Waals surface area contributed by atoms with Crippen molar-refractivity contribution < 1.29 is 19.1 Å². The third-order valence-corrected chi connectivity index (χ3v) is 9.07. The number of thioether (sulfide) groups is 1. The quantitative estimate of drug-likeness (QED) is 0.187. The molecule has 3 aromatic carbocycles. The molecule has 39 heavy (non-hydrogen) atoms. The molecule has 0 saturated carbocycles. The van der Waals surface area contributed by atoms with Crippen LogP contribution in [0.3, 0.4) is 0 Å². The van der Waals surface area contributed by atoms with E-state index < -0.39 is 16.8 Å². The van der Waals surface area contributed by atoms with Crippen LogP contribution in [-0.2, 0) is 23.9 Å². The summed E-state index contributed by atoms with van der Waals surface area (Å²) in [6.07, 6.45) is 1.10. The summed E-state index contributed by atoms with van der Waals surface area (Å²) < 4.78 is 4.44. The van der Waals surface area contributed by atoms with Crippen molar-refractivity contribution in [3.05, 3.63) is 108 Å². The van der Waals surface area contributed by atoms with Gasteiger partial charge in [-0.15, -0.1) is 11.8 Å². The highest BCUT2D eigenvalue weighted by Gasteiger charge is 2.38. The van der Waals surface area contributed by atoms with E-state index in [0.717, 1.165) is 23.1 Å². The van der Waals surface area contributed by atoms with Crippen LogP contribution in [0.25, 0.3) is 0 Å². The Morgan fingerprint density at radius 1 is 0.795 bits per heavy atom. The second-order valence-electron chi connectivity index (χ2n) is 9.87. The number of benzene rings is 3. The van der Waals surface area contributed by atoms with Gasteiger partial charge in [-0.05, 0) is 22.6 Å². The molecular formula is C33H39NO4S. The fourth-order valence-electron chi connectivity index (χ4n) is 4.69. The number of amides is 1. The first-order chi connectivity index (χ1) is 18.8. The Morgan fingerprint density at radius 3 is 1.67 bits per heavy atom. The Morgan fingerprint density at radius 2 is 1.26 bits per heavy atom. The first-order valence-electron chi connectivity index (χ1n) is 13.5. The number of ether oxygens (including phenoxy) is 1. The van der Waals surface area contributed by atoms with Gasteiger partial charge in [-0.25, -0.2) is 4.79 Å². The van der Waals surface area contributed by atoms with Crippen molar-refractivity contribution in [3.63, 3.8) is 0 Å². The lowest BCUT2D eigenvalue weighted by molar-refractivity contribution is -0.144. The molecule has 0 aromatic heterocycles. The largest absolute Gasteiger partial charge is 0.467 e. The number of methoxy groups -OCH3 is 1. The number of hydrogen-bond donors (Lipinski definition) is 1. The van der Waals surface area contributed by atoms with Gasteiger partial charge in [0.1, 0.15) is 11.8 Å². The molecule has 0 bridgehead atoms. The van der Waals surface area contributed by atoms with Gasteiger partial charge in [0.15, 0.2) is 0 Å². The summed E-state index contributed by atoms with van der Waals surface area (Å²) in [6, 6.07) is 29.6. The summed E-state index contributed by atoms with van der Waals surface area (Å²) in [5, 5.41) is 2.85. The highest BCUT2D eigenvalue weighted by Crippen LogP contribution is 2.48. The van der Waals surface area contributed by atoms with Crippen LogP contribution in [0.4, 0.5) is 0 Å². The molecule has 0 aliphatic carbocycles. The standard InChI is InChI=1S/C33H39NO4S/c1-5-24(2)25(3)30(35)21-22-31(36)34-29(32(37)38-4)23-39-33(26-15-9-6-10-16-26,27-17-11-7-12-18-27)28-19-13-8-14-20-28/h6-20,24-25,29H,5,21-23H2,1-4H3,(H,34,36)/t24-,25-,29-/m0/s1.